The van der Waals surface area contributed by atoms with Crippen LogP contribution in [0.1, 0.15) is 5.56 Å². The molecule has 0 saturated heterocycles. The van der Waals surface area contributed by atoms with Crippen molar-refractivity contribution in [2.75, 3.05) is 11.1 Å². The molecule has 0 aliphatic heterocycles. The molecule has 0 saturated carbocycles. The number of nitrogens with one attached hydrogen (secondary N) is 1. The summed E-state index contributed by atoms with van der Waals surface area (Å²) < 4.78 is 3.08. The lowest BCUT2D eigenvalue weighted by Gasteiger charge is -2.06. The van der Waals surface area contributed by atoms with Gasteiger partial charge in [0, 0.05) is 30.7 Å². The van der Waals surface area contributed by atoms with Crippen molar-refractivity contribution in [3.05, 3.63) is 60.4 Å². The number of carbonyl (C=O) groups excluding carboxylic acids is 1. The Bertz CT molecular complexity index is 1100. The third-order valence-corrected chi connectivity index (χ3v) is 6.19. The number of rotatable bonds is 5. The van der Waals surface area contributed by atoms with Crippen molar-refractivity contribution < 1.29 is 4.79 Å². The number of hydrogen-bond acceptors (Lipinski definition) is 5. The average molecular weight is 395 g/mol. The quantitative estimate of drug-likeness (QED) is 0.497. The molecule has 2 heterocycles. The van der Waals surface area contributed by atoms with E-state index in [1.165, 1.54) is 22.0 Å². The summed E-state index contributed by atoms with van der Waals surface area (Å²) in [7, 11) is 1.91. The highest BCUT2D eigenvalue weighted by molar-refractivity contribution is 7.99. The van der Waals surface area contributed by atoms with Gasteiger partial charge in [-0.2, -0.15) is 0 Å². The van der Waals surface area contributed by atoms with Crippen LogP contribution in [0, 0.1) is 6.92 Å². The van der Waals surface area contributed by atoms with Crippen LogP contribution in [0.15, 0.2) is 60.0 Å². The first-order valence-electron chi connectivity index (χ1n) is 8.46. The van der Waals surface area contributed by atoms with Crippen LogP contribution in [0.25, 0.3) is 20.8 Å². The van der Waals surface area contributed by atoms with Crippen LogP contribution in [0.2, 0.25) is 0 Å². The number of imidazole rings is 1. The highest BCUT2D eigenvalue weighted by Crippen LogP contribution is 2.31. The van der Waals surface area contributed by atoms with Crippen molar-refractivity contribution in [2.24, 2.45) is 7.05 Å². The molecule has 4 rings (SSSR count). The zero-order chi connectivity index (χ0) is 18.8. The summed E-state index contributed by atoms with van der Waals surface area (Å²) in [6, 6.07) is 14.1. The van der Waals surface area contributed by atoms with Gasteiger partial charge in [-0.25, -0.2) is 9.97 Å². The van der Waals surface area contributed by atoms with E-state index < -0.39 is 0 Å². The summed E-state index contributed by atoms with van der Waals surface area (Å²) >= 11 is 3.10. The highest BCUT2D eigenvalue weighted by atomic mass is 32.2. The summed E-state index contributed by atoms with van der Waals surface area (Å²) in [4.78, 5) is 21.0. The van der Waals surface area contributed by atoms with Crippen LogP contribution in [-0.4, -0.2) is 26.2 Å². The van der Waals surface area contributed by atoms with Gasteiger partial charge in [-0.15, -0.1) is 11.3 Å². The van der Waals surface area contributed by atoms with Crippen molar-refractivity contribution in [3.63, 3.8) is 0 Å². The van der Waals surface area contributed by atoms with E-state index in [4.69, 9.17) is 4.98 Å². The minimum Gasteiger partial charge on any atom is -0.329 e. The molecule has 0 atom stereocenters. The summed E-state index contributed by atoms with van der Waals surface area (Å²) in [6.07, 6.45) is 3.59. The predicted molar refractivity (Wildman–Crippen MR) is 112 cm³/mol. The summed E-state index contributed by atoms with van der Waals surface area (Å²) in [5, 5.41) is 4.73. The minimum absolute atomic E-state index is 0.0498. The molecule has 1 N–H and O–H groups in total. The molecule has 2 aromatic carbocycles. The first-order chi connectivity index (χ1) is 13.1. The van der Waals surface area contributed by atoms with Crippen LogP contribution in [-0.2, 0) is 11.8 Å². The molecule has 1 amide bonds. The number of fused-ring (bicyclic) bond motifs is 1. The number of thiazole rings is 1. The number of aromatic nitrogens is 3. The third kappa shape index (κ3) is 4.04. The molecule has 0 aliphatic carbocycles. The molecule has 4 aromatic rings. The molecule has 0 radical (unpaired) electrons. The maximum Gasteiger partial charge on any atom is 0.234 e. The van der Waals surface area contributed by atoms with Crippen molar-refractivity contribution in [3.8, 4) is 10.6 Å². The van der Waals surface area contributed by atoms with Gasteiger partial charge in [-0.05, 0) is 48.9 Å². The topological polar surface area (TPSA) is 59.8 Å². The maximum absolute atomic E-state index is 12.1. The number of nitrogens with zero attached hydrogens (tertiary/aromatic N) is 3. The molecule has 0 unspecified atom stereocenters. The molecule has 0 bridgehead atoms. The molecule has 2 aromatic heterocycles. The Morgan fingerprint density at radius 3 is 2.78 bits per heavy atom. The zero-order valence-electron chi connectivity index (χ0n) is 15.0. The molecular weight excluding hydrogens is 376 g/mol. The van der Waals surface area contributed by atoms with Crippen molar-refractivity contribution >= 4 is 44.9 Å². The summed E-state index contributed by atoms with van der Waals surface area (Å²) in [6.45, 7) is 2.09. The lowest BCUT2D eigenvalue weighted by Crippen LogP contribution is -2.14. The minimum atomic E-state index is -0.0498. The fourth-order valence-corrected chi connectivity index (χ4v) is 4.47. The fraction of sp³-hybridized carbons (Fsp3) is 0.150. The predicted octanol–water partition coefficient (Wildman–Crippen LogP) is 4.74. The van der Waals surface area contributed by atoms with Gasteiger partial charge in [0.2, 0.25) is 5.91 Å². The number of benzene rings is 2. The van der Waals surface area contributed by atoms with E-state index in [9.17, 15) is 4.79 Å². The summed E-state index contributed by atoms with van der Waals surface area (Å²) in [5.41, 5.74) is 4.08. The van der Waals surface area contributed by atoms with Crippen molar-refractivity contribution in [1.82, 2.24) is 14.5 Å². The molecule has 5 nitrogen and oxygen atoms in total. The van der Waals surface area contributed by atoms with Crippen molar-refractivity contribution in [2.45, 2.75) is 12.1 Å². The van der Waals surface area contributed by atoms with E-state index in [-0.39, 0.29) is 5.91 Å². The number of thioether (sulfide) groups is 1. The first kappa shape index (κ1) is 17.8. The fourth-order valence-electron chi connectivity index (χ4n) is 2.67. The molecule has 0 spiro atoms. The number of hydrogen-bond donors (Lipinski definition) is 1. The monoisotopic (exact) mass is 394 g/mol. The standard InChI is InChI=1S/C20H18N4OS2/c1-13-3-8-16-17(11-13)27-19(23-16)14-4-6-15(7-5-14)22-18(25)12-26-20-21-9-10-24(20)2/h3-11H,12H2,1-2H3,(H,22,25). The number of carbonyl (C=O) groups is 1. The normalized spacial score (nSPS) is 11.0. The van der Waals surface area contributed by atoms with E-state index >= 15 is 0 Å². The molecule has 0 aliphatic rings. The van der Waals surface area contributed by atoms with Gasteiger partial charge in [0.05, 0.1) is 16.0 Å². The smallest absolute Gasteiger partial charge is 0.234 e. The van der Waals surface area contributed by atoms with Crippen LogP contribution >= 0.6 is 23.1 Å². The average Bonchev–Trinajstić information content (AvgIpc) is 3.26. The molecule has 27 heavy (non-hydrogen) atoms. The van der Waals surface area contributed by atoms with Gasteiger partial charge in [0.1, 0.15) is 5.01 Å². The van der Waals surface area contributed by atoms with Gasteiger partial charge < -0.3 is 9.88 Å². The van der Waals surface area contributed by atoms with E-state index in [2.05, 4.69) is 35.4 Å². The van der Waals surface area contributed by atoms with E-state index in [1.54, 1.807) is 17.5 Å². The van der Waals surface area contributed by atoms with Crippen LogP contribution < -0.4 is 5.32 Å². The SMILES string of the molecule is Cc1ccc2nc(-c3ccc(NC(=O)CSc4nccn4C)cc3)sc2c1. The Morgan fingerprint density at radius 1 is 1.22 bits per heavy atom. The van der Waals surface area contributed by atoms with E-state index in [1.807, 2.05) is 42.1 Å². The summed E-state index contributed by atoms with van der Waals surface area (Å²) in [5.74, 6) is 0.273. The van der Waals surface area contributed by atoms with Gasteiger partial charge in [0.15, 0.2) is 5.16 Å². The Balaban J connectivity index is 1.42. The van der Waals surface area contributed by atoms with Crippen LogP contribution in [0.4, 0.5) is 5.69 Å². The van der Waals surface area contributed by atoms with Gasteiger partial charge in [-0.1, -0.05) is 17.8 Å². The Morgan fingerprint density at radius 2 is 2.04 bits per heavy atom. The second-order valence-corrected chi connectivity index (χ2v) is 8.20. The Kier molecular flexibility index (Phi) is 4.96. The third-order valence-electron chi connectivity index (χ3n) is 4.07. The molecular formula is C20H18N4OS2. The Hall–Kier alpha value is -2.64. The second kappa shape index (κ2) is 7.54. The number of aryl methyl sites for hydroxylation is 2. The zero-order valence-corrected chi connectivity index (χ0v) is 16.6. The van der Waals surface area contributed by atoms with Gasteiger partial charge >= 0.3 is 0 Å². The molecule has 7 heteroatoms. The molecule has 0 fully saturated rings. The second-order valence-electron chi connectivity index (χ2n) is 6.23. The lowest BCUT2D eigenvalue weighted by molar-refractivity contribution is -0.113. The van der Waals surface area contributed by atoms with Gasteiger partial charge in [-0.3, -0.25) is 4.79 Å². The number of anilines is 1. The number of amides is 1. The van der Waals surface area contributed by atoms with E-state index in [0.29, 0.717) is 5.75 Å². The lowest BCUT2D eigenvalue weighted by atomic mass is 10.2. The van der Waals surface area contributed by atoms with E-state index in [0.717, 1.165) is 26.9 Å². The Labute approximate surface area is 165 Å². The maximum atomic E-state index is 12.1. The first-order valence-corrected chi connectivity index (χ1v) is 10.3. The largest absolute Gasteiger partial charge is 0.329 e. The van der Waals surface area contributed by atoms with Crippen LogP contribution in [0.5, 0.6) is 0 Å². The van der Waals surface area contributed by atoms with Gasteiger partial charge in [0.25, 0.3) is 0 Å². The molecule has 136 valence electrons. The van der Waals surface area contributed by atoms with Crippen LogP contribution in [0.3, 0.4) is 0 Å². The van der Waals surface area contributed by atoms with Crippen molar-refractivity contribution in [1.29, 1.82) is 0 Å². The highest BCUT2D eigenvalue weighted by Gasteiger charge is 2.09.